The van der Waals surface area contributed by atoms with Crippen LogP contribution in [0, 0.1) is 17.8 Å². The molecule has 0 unspecified atom stereocenters. The summed E-state index contributed by atoms with van der Waals surface area (Å²) >= 11 is 1.65. The van der Waals surface area contributed by atoms with Gasteiger partial charge < -0.3 is 12.4 Å². The van der Waals surface area contributed by atoms with Crippen molar-refractivity contribution in [3.05, 3.63) is 48.6 Å². The number of halogens is 1. The topological polar surface area (TPSA) is 0 Å². The molecule has 0 aromatic rings. The van der Waals surface area contributed by atoms with E-state index in [9.17, 15) is 0 Å². The summed E-state index contributed by atoms with van der Waals surface area (Å²) in [7, 11) is 0. The number of allylic oxidation sites excluding steroid dienone is 8. The van der Waals surface area contributed by atoms with Gasteiger partial charge in [-0.3, -0.25) is 0 Å². The van der Waals surface area contributed by atoms with Crippen molar-refractivity contribution >= 4 is 0 Å². The molecule has 0 saturated heterocycles. The van der Waals surface area contributed by atoms with Crippen molar-refractivity contribution < 1.29 is 37.1 Å². The molecule has 2 aliphatic carbocycles. The Kier molecular flexibility index (Phi) is 5.13. The van der Waals surface area contributed by atoms with E-state index in [1.54, 1.807) is 24.7 Å². The van der Waals surface area contributed by atoms with Crippen molar-refractivity contribution in [2.45, 2.75) is 4.13 Å². The Bertz CT molecular complexity index is 237. The first kappa shape index (κ1) is 12.2. The van der Waals surface area contributed by atoms with E-state index in [0.29, 0.717) is 11.8 Å². The summed E-state index contributed by atoms with van der Waals surface area (Å²) in [5.74, 6) is 2.15. The fraction of sp³-hybridized carbons (Fsp3) is 0.333. The van der Waals surface area contributed by atoms with Gasteiger partial charge in [0.05, 0.1) is 0 Å². The first-order valence-electron chi connectivity index (χ1n) is 4.76. The molecule has 0 aromatic heterocycles. The van der Waals surface area contributed by atoms with Crippen LogP contribution in [-0.2, 0) is 24.7 Å². The van der Waals surface area contributed by atoms with E-state index in [2.05, 4.69) is 48.6 Å². The van der Waals surface area contributed by atoms with Crippen molar-refractivity contribution in [3.63, 3.8) is 0 Å². The molecular formula is C12H13ClZr. The second kappa shape index (κ2) is 5.88. The molecule has 0 bridgehead atoms. The van der Waals surface area contributed by atoms with Gasteiger partial charge in [-0.2, -0.15) is 0 Å². The molecule has 0 fully saturated rings. The molecule has 0 N–H and O–H groups in total. The Morgan fingerprint density at radius 3 is 1.50 bits per heavy atom. The van der Waals surface area contributed by atoms with E-state index in [0.717, 1.165) is 5.92 Å². The van der Waals surface area contributed by atoms with Crippen LogP contribution in [0.2, 0.25) is 4.13 Å². The molecule has 0 amide bonds. The predicted octanol–water partition coefficient (Wildman–Crippen LogP) is 0.0561. The van der Waals surface area contributed by atoms with Gasteiger partial charge in [-0.05, 0) is 0 Å². The Labute approximate surface area is 107 Å². The van der Waals surface area contributed by atoms with Gasteiger partial charge >= 0.3 is 95.2 Å². The average Bonchev–Trinajstić information content (AvgIpc) is 2.76. The van der Waals surface area contributed by atoms with Crippen molar-refractivity contribution in [1.29, 1.82) is 0 Å². The molecule has 0 saturated carbocycles. The van der Waals surface area contributed by atoms with E-state index >= 15 is 0 Å². The van der Waals surface area contributed by atoms with Crippen molar-refractivity contribution in [1.82, 2.24) is 0 Å². The summed E-state index contributed by atoms with van der Waals surface area (Å²) in [6, 6.07) is 0. The zero-order valence-electron chi connectivity index (χ0n) is 7.94. The molecule has 0 heterocycles. The molecule has 2 heteroatoms. The quantitative estimate of drug-likeness (QED) is 0.687. The standard InChI is InChI=1S/C12H13.ClH.Zr/c1-10(11-6-2-3-7-11)12-8-4-5-9-12;;/h2-12H,1H2;1H;/q;;+1/p-1. The van der Waals surface area contributed by atoms with Gasteiger partial charge in [-0.1, -0.05) is 0 Å². The molecule has 0 aromatic carbocycles. The third-order valence-electron chi connectivity index (χ3n) is 2.78. The summed E-state index contributed by atoms with van der Waals surface area (Å²) in [5, 5.41) is 0. The van der Waals surface area contributed by atoms with Crippen molar-refractivity contribution in [2.24, 2.45) is 17.8 Å². The minimum atomic E-state index is 0. The van der Waals surface area contributed by atoms with Crippen LogP contribution in [0.1, 0.15) is 0 Å². The molecular weight excluding hydrogens is 271 g/mol. The number of rotatable bonds is 3. The van der Waals surface area contributed by atoms with Gasteiger partial charge in [-0.15, -0.1) is 0 Å². The SMILES string of the molecule is [Cl-].[Zr+][CH2]C(C1C=CC=C1)C1C=CC=C1. The zero-order chi connectivity index (χ0) is 9.10. The van der Waals surface area contributed by atoms with Crippen LogP contribution in [-0.4, -0.2) is 0 Å². The molecule has 2 rings (SSSR count). The molecule has 2 aliphatic rings. The maximum atomic E-state index is 2.33. The Morgan fingerprint density at radius 1 is 0.857 bits per heavy atom. The average molecular weight is 284 g/mol. The summed E-state index contributed by atoms with van der Waals surface area (Å²) in [5.41, 5.74) is 0. The van der Waals surface area contributed by atoms with E-state index in [1.165, 1.54) is 4.13 Å². The van der Waals surface area contributed by atoms with E-state index in [4.69, 9.17) is 0 Å². The first-order chi connectivity index (χ1) is 6.42. The van der Waals surface area contributed by atoms with Gasteiger partial charge in [0.2, 0.25) is 0 Å². The summed E-state index contributed by atoms with van der Waals surface area (Å²) < 4.78 is 1.34. The van der Waals surface area contributed by atoms with Crippen LogP contribution < -0.4 is 12.4 Å². The molecule has 14 heavy (non-hydrogen) atoms. The third-order valence-corrected chi connectivity index (χ3v) is 3.94. The minimum absolute atomic E-state index is 0. The summed E-state index contributed by atoms with van der Waals surface area (Å²) in [6.07, 6.45) is 18.0. The normalized spacial score (nSPS) is 19.7. The fourth-order valence-corrected chi connectivity index (χ4v) is 3.34. The van der Waals surface area contributed by atoms with Crippen LogP contribution in [0.5, 0.6) is 0 Å². The Morgan fingerprint density at radius 2 is 1.21 bits per heavy atom. The van der Waals surface area contributed by atoms with Gasteiger partial charge in [0, 0.05) is 0 Å². The molecule has 0 spiro atoms. The fourth-order valence-electron chi connectivity index (χ4n) is 2.00. The second-order valence-corrected chi connectivity index (χ2v) is 4.57. The second-order valence-electron chi connectivity index (χ2n) is 3.56. The number of hydrogen-bond acceptors (Lipinski definition) is 0. The monoisotopic (exact) mass is 282 g/mol. The van der Waals surface area contributed by atoms with Gasteiger partial charge in [-0.25, -0.2) is 0 Å². The van der Waals surface area contributed by atoms with Crippen LogP contribution >= 0.6 is 0 Å². The third kappa shape index (κ3) is 2.58. The van der Waals surface area contributed by atoms with Crippen molar-refractivity contribution in [2.75, 3.05) is 0 Å². The van der Waals surface area contributed by atoms with E-state index < -0.39 is 0 Å². The van der Waals surface area contributed by atoms with Crippen LogP contribution in [0.15, 0.2) is 48.6 Å². The predicted molar refractivity (Wildman–Crippen MR) is 51.8 cm³/mol. The Balaban J connectivity index is 0.000000980. The first-order valence-corrected chi connectivity index (χ1v) is 6.50. The van der Waals surface area contributed by atoms with Crippen molar-refractivity contribution in [3.8, 4) is 0 Å². The zero-order valence-corrected chi connectivity index (χ0v) is 11.1. The van der Waals surface area contributed by atoms with Gasteiger partial charge in [0.1, 0.15) is 0 Å². The van der Waals surface area contributed by atoms with Gasteiger partial charge in [0.15, 0.2) is 0 Å². The molecule has 0 radical (unpaired) electrons. The molecule has 72 valence electrons. The van der Waals surface area contributed by atoms with Crippen LogP contribution in [0.25, 0.3) is 0 Å². The van der Waals surface area contributed by atoms with Gasteiger partial charge in [0.25, 0.3) is 0 Å². The van der Waals surface area contributed by atoms with Crippen LogP contribution in [0.4, 0.5) is 0 Å². The molecule has 0 nitrogen and oxygen atoms in total. The molecule has 0 aliphatic heterocycles. The maximum absolute atomic E-state index is 2.33. The summed E-state index contributed by atoms with van der Waals surface area (Å²) in [6.45, 7) is 0. The summed E-state index contributed by atoms with van der Waals surface area (Å²) in [4.78, 5) is 0. The number of hydrogen-bond donors (Lipinski definition) is 0. The van der Waals surface area contributed by atoms with E-state index in [-0.39, 0.29) is 12.4 Å². The van der Waals surface area contributed by atoms with E-state index in [1.807, 2.05) is 0 Å². The van der Waals surface area contributed by atoms with Crippen LogP contribution in [0.3, 0.4) is 0 Å². The molecule has 0 atom stereocenters. The Hall–Kier alpha value is 0.133.